The zero-order chi connectivity index (χ0) is 38.6. The summed E-state index contributed by atoms with van der Waals surface area (Å²) in [5.41, 5.74) is 8.68. The molecule has 0 N–H and O–H groups in total. The topological polar surface area (TPSA) is 48.5 Å². The largest absolute Gasteiger partial charge is 0.309 e. The molecule has 13 rings (SSSR count). The number of fused-ring (bicyclic) bond motifs is 11. The van der Waals surface area contributed by atoms with Crippen LogP contribution in [0.1, 0.15) is 0 Å². The third kappa shape index (κ3) is 4.87. The Balaban J connectivity index is 1.14. The van der Waals surface area contributed by atoms with Crippen molar-refractivity contribution in [1.82, 2.24) is 24.1 Å². The van der Waals surface area contributed by atoms with Gasteiger partial charge in [0.05, 0.1) is 33.1 Å². The first-order valence-corrected chi connectivity index (χ1v) is 20.7. The fourth-order valence-electron chi connectivity index (χ4n) is 9.22. The molecule has 0 bridgehead atoms. The highest BCUT2D eigenvalue weighted by Crippen LogP contribution is 2.44. The Morgan fingerprint density at radius 3 is 1.76 bits per heavy atom. The van der Waals surface area contributed by atoms with Crippen molar-refractivity contribution in [3.8, 4) is 34.2 Å². The molecule has 0 aliphatic rings. The van der Waals surface area contributed by atoms with Crippen molar-refractivity contribution in [3.63, 3.8) is 0 Å². The molecule has 0 saturated carbocycles. The first kappa shape index (κ1) is 32.4. The maximum absolute atomic E-state index is 5.67. The van der Waals surface area contributed by atoms with Crippen LogP contribution in [0.5, 0.6) is 0 Å². The van der Waals surface area contributed by atoms with Crippen molar-refractivity contribution in [3.05, 3.63) is 188 Å². The van der Waals surface area contributed by atoms with Crippen LogP contribution in [0, 0.1) is 0 Å². The molecule has 0 unspecified atom stereocenters. The van der Waals surface area contributed by atoms with Crippen LogP contribution in [0.15, 0.2) is 188 Å². The van der Waals surface area contributed by atoms with Gasteiger partial charge in [0.2, 0.25) is 0 Å². The molecular formula is C53H31N5S. The predicted molar refractivity (Wildman–Crippen MR) is 247 cm³/mol. The van der Waals surface area contributed by atoms with Gasteiger partial charge in [-0.2, -0.15) is 0 Å². The quantitative estimate of drug-likeness (QED) is 0.179. The number of pyridine rings is 1. The molecule has 5 nitrogen and oxygen atoms in total. The highest BCUT2D eigenvalue weighted by atomic mass is 32.1. The third-order valence-electron chi connectivity index (χ3n) is 11.9. The van der Waals surface area contributed by atoms with Gasteiger partial charge in [-0.15, -0.1) is 11.3 Å². The minimum absolute atomic E-state index is 0.694. The van der Waals surface area contributed by atoms with Gasteiger partial charge in [0.25, 0.3) is 0 Å². The van der Waals surface area contributed by atoms with E-state index in [0.29, 0.717) is 5.82 Å². The van der Waals surface area contributed by atoms with Gasteiger partial charge in [-0.05, 0) is 100 Å². The van der Waals surface area contributed by atoms with Crippen LogP contribution in [-0.4, -0.2) is 24.1 Å². The minimum Gasteiger partial charge on any atom is -0.309 e. The molecule has 0 atom stereocenters. The van der Waals surface area contributed by atoms with Gasteiger partial charge in [0.1, 0.15) is 4.83 Å². The average molecular weight is 770 g/mol. The smallest absolute Gasteiger partial charge is 0.163 e. The molecule has 59 heavy (non-hydrogen) atoms. The van der Waals surface area contributed by atoms with Crippen molar-refractivity contribution in [2.45, 2.75) is 0 Å². The van der Waals surface area contributed by atoms with E-state index in [0.717, 1.165) is 65.2 Å². The van der Waals surface area contributed by atoms with Gasteiger partial charge in [-0.1, -0.05) is 103 Å². The van der Waals surface area contributed by atoms with E-state index < -0.39 is 0 Å². The molecule has 0 saturated heterocycles. The summed E-state index contributed by atoms with van der Waals surface area (Å²) in [6.07, 6.45) is 1.85. The second kappa shape index (κ2) is 12.4. The van der Waals surface area contributed by atoms with Gasteiger partial charge in [-0.25, -0.2) is 9.97 Å². The summed E-state index contributed by atoms with van der Waals surface area (Å²) in [6, 6.07) is 65.3. The first-order chi connectivity index (χ1) is 29.2. The van der Waals surface area contributed by atoms with Gasteiger partial charge >= 0.3 is 0 Å². The number of hydrogen-bond donors (Lipinski definition) is 0. The fraction of sp³-hybridized carbons (Fsp3) is 0. The lowest BCUT2D eigenvalue weighted by atomic mass is 10.0. The van der Waals surface area contributed by atoms with Crippen molar-refractivity contribution >= 4 is 96.8 Å². The second-order valence-corrected chi connectivity index (χ2v) is 16.3. The summed E-state index contributed by atoms with van der Waals surface area (Å²) < 4.78 is 5.89. The van der Waals surface area contributed by atoms with Crippen molar-refractivity contribution < 1.29 is 0 Å². The normalized spacial score (nSPS) is 12.1. The lowest BCUT2D eigenvalue weighted by molar-refractivity contribution is 1.08. The van der Waals surface area contributed by atoms with E-state index >= 15 is 0 Å². The molecule has 0 spiro atoms. The van der Waals surface area contributed by atoms with Crippen molar-refractivity contribution in [1.29, 1.82) is 0 Å². The lowest BCUT2D eigenvalue weighted by Crippen LogP contribution is -2.02. The Labute approximate surface area is 341 Å². The van der Waals surface area contributed by atoms with Crippen LogP contribution < -0.4 is 0 Å². The molecule has 5 aromatic heterocycles. The molecule has 274 valence electrons. The van der Waals surface area contributed by atoms with Crippen LogP contribution >= 0.6 is 11.3 Å². The number of thiophene rings is 1. The zero-order valence-electron chi connectivity index (χ0n) is 31.5. The van der Waals surface area contributed by atoms with Crippen LogP contribution in [-0.2, 0) is 0 Å². The minimum atomic E-state index is 0.694. The molecular weight excluding hydrogens is 739 g/mol. The van der Waals surface area contributed by atoms with Crippen molar-refractivity contribution in [2.75, 3.05) is 0 Å². The standard InChI is InChI=1S/C53H31N5S/c1-2-16-38(17-3-1)57-45-20-9-8-18-39(45)41-28-37(22-24-46(41)57)51-55-52(50-40-23-21-36(44-19-10-11-25-54-44)31-49(40)59-53(50)56-51)58-47-29-34-14-6-4-12-32(34)26-42(47)43-27-33-13-5-7-15-35(33)30-48(43)58/h1-31H. The number of benzene rings is 8. The Bertz CT molecular complexity index is 3750. The SMILES string of the molecule is c1ccc(-n2c3ccccc3c3cc(-c4nc(-n5c6cc7ccccc7cc6c6cc7ccccc7cc65)c5c(n4)sc4cc(-c6ccccn6)ccc45)ccc32)cc1. The lowest BCUT2D eigenvalue weighted by Gasteiger charge is -2.12. The monoisotopic (exact) mass is 769 g/mol. The first-order valence-electron chi connectivity index (χ1n) is 19.8. The predicted octanol–water partition coefficient (Wildman–Crippen LogP) is 14.1. The van der Waals surface area contributed by atoms with Gasteiger partial charge in [0, 0.05) is 54.6 Å². The van der Waals surface area contributed by atoms with E-state index in [4.69, 9.17) is 9.97 Å². The van der Waals surface area contributed by atoms with E-state index in [1.165, 1.54) is 48.6 Å². The molecule has 5 heterocycles. The Hall–Kier alpha value is -7.67. The highest BCUT2D eigenvalue weighted by molar-refractivity contribution is 7.25. The number of aromatic nitrogens is 5. The fourth-order valence-corrected chi connectivity index (χ4v) is 10.3. The van der Waals surface area contributed by atoms with E-state index in [9.17, 15) is 0 Å². The Morgan fingerprint density at radius 1 is 0.407 bits per heavy atom. The Kier molecular flexibility index (Phi) is 6.82. The third-order valence-corrected chi connectivity index (χ3v) is 13.0. The summed E-state index contributed by atoms with van der Waals surface area (Å²) in [7, 11) is 0. The number of para-hydroxylation sites is 2. The van der Waals surface area contributed by atoms with Crippen LogP contribution in [0.4, 0.5) is 0 Å². The van der Waals surface area contributed by atoms with E-state index in [-0.39, 0.29) is 0 Å². The molecule has 0 aliphatic heterocycles. The van der Waals surface area contributed by atoms with Crippen LogP contribution in [0.25, 0.3) is 120 Å². The van der Waals surface area contributed by atoms with Crippen LogP contribution in [0.3, 0.4) is 0 Å². The van der Waals surface area contributed by atoms with Gasteiger partial charge in [0.15, 0.2) is 11.6 Å². The summed E-state index contributed by atoms with van der Waals surface area (Å²) in [5.74, 6) is 1.57. The highest BCUT2D eigenvalue weighted by Gasteiger charge is 2.23. The molecule has 0 radical (unpaired) electrons. The molecule has 6 heteroatoms. The molecule has 8 aromatic carbocycles. The Morgan fingerprint density at radius 2 is 1.03 bits per heavy atom. The zero-order valence-corrected chi connectivity index (χ0v) is 32.4. The maximum atomic E-state index is 5.67. The van der Waals surface area contributed by atoms with E-state index in [1.807, 2.05) is 18.3 Å². The molecule has 13 aromatic rings. The number of rotatable bonds is 4. The molecule has 0 aliphatic carbocycles. The average Bonchev–Trinajstić information content (AvgIpc) is 3.94. The van der Waals surface area contributed by atoms with Gasteiger partial charge < -0.3 is 4.57 Å². The summed E-state index contributed by atoms with van der Waals surface area (Å²) in [5, 5.41) is 11.7. The summed E-state index contributed by atoms with van der Waals surface area (Å²) >= 11 is 1.72. The summed E-state index contributed by atoms with van der Waals surface area (Å²) in [4.78, 5) is 16.7. The van der Waals surface area contributed by atoms with Crippen LogP contribution in [0.2, 0.25) is 0 Å². The van der Waals surface area contributed by atoms with E-state index in [2.05, 4.69) is 184 Å². The van der Waals surface area contributed by atoms with E-state index in [1.54, 1.807) is 11.3 Å². The maximum Gasteiger partial charge on any atom is 0.163 e. The van der Waals surface area contributed by atoms with Gasteiger partial charge in [-0.3, -0.25) is 9.55 Å². The number of hydrogen-bond acceptors (Lipinski definition) is 4. The molecule has 0 fully saturated rings. The summed E-state index contributed by atoms with van der Waals surface area (Å²) in [6.45, 7) is 0. The molecule has 0 amide bonds. The van der Waals surface area contributed by atoms with Crippen molar-refractivity contribution in [2.24, 2.45) is 0 Å². The number of nitrogens with zero attached hydrogens (tertiary/aromatic N) is 5. The second-order valence-electron chi connectivity index (χ2n) is 15.3.